The predicted molar refractivity (Wildman–Crippen MR) is 123 cm³/mol. The molecule has 2 aromatic rings. The number of phenolic OH excluding ortho intramolecular Hbond substituents is 1. The van der Waals surface area contributed by atoms with Gasteiger partial charge in [-0.1, -0.05) is 23.8 Å². The first-order chi connectivity index (χ1) is 15.1. The Bertz CT molecular complexity index is 1070. The molecule has 170 valence electrons. The van der Waals surface area contributed by atoms with Crippen LogP contribution in [0.15, 0.2) is 42.0 Å². The van der Waals surface area contributed by atoms with Crippen LogP contribution in [0.3, 0.4) is 0 Å². The van der Waals surface area contributed by atoms with Gasteiger partial charge in [-0.25, -0.2) is 0 Å². The Kier molecular flexibility index (Phi) is 6.89. The summed E-state index contributed by atoms with van der Waals surface area (Å²) in [5, 5.41) is 21.3. The molecule has 0 aliphatic carbocycles. The molecule has 0 spiro atoms. The van der Waals surface area contributed by atoms with Crippen molar-refractivity contribution in [3.63, 3.8) is 0 Å². The van der Waals surface area contributed by atoms with Gasteiger partial charge in [0, 0.05) is 12.1 Å². The SMILES string of the molecule is COc1cc([C@H]2C(=C(O)c3cc(C)ccc3C)C(=O)C(=O)N2CCCN(C)C)ccc1O. The topological polar surface area (TPSA) is 90.3 Å². The fourth-order valence-electron chi connectivity index (χ4n) is 4.01. The van der Waals surface area contributed by atoms with E-state index in [1.807, 2.05) is 45.0 Å². The molecule has 3 rings (SSSR count). The molecule has 2 aromatic carbocycles. The molecule has 1 saturated heterocycles. The summed E-state index contributed by atoms with van der Waals surface area (Å²) in [6, 6.07) is 9.52. The van der Waals surface area contributed by atoms with E-state index in [0.29, 0.717) is 24.1 Å². The number of benzene rings is 2. The molecule has 0 bridgehead atoms. The zero-order valence-electron chi connectivity index (χ0n) is 19.2. The number of carbonyl (C=O) groups is 2. The van der Waals surface area contributed by atoms with Crippen LogP contribution in [-0.2, 0) is 9.59 Å². The van der Waals surface area contributed by atoms with Crippen molar-refractivity contribution >= 4 is 17.4 Å². The van der Waals surface area contributed by atoms with Gasteiger partial charge in [-0.3, -0.25) is 9.59 Å². The Morgan fingerprint density at radius 3 is 2.50 bits per heavy atom. The number of rotatable bonds is 7. The number of hydrogen-bond donors (Lipinski definition) is 2. The number of aliphatic hydroxyl groups excluding tert-OH is 1. The molecular formula is C25H30N2O5. The van der Waals surface area contributed by atoms with E-state index in [1.54, 1.807) is 18.2 Å². The third-order valence-corrected chi connectivity index (χ3v) is 5.71. The van der Waals surface area contributed by atoms with Crippen molar-refractivity contribution in [3.05, 3.63) is 64.2 Å². The molecule has 1 fully saturated rings. The molecule has 1 aliphatic heterocycles. The van der Waals surface area contributed by atoms with Crippen LogP contribution in [0, 0.1) is 13.8 Å². The lowest BCUT2D eigenvalue weighted by Gasteiger charge is -2.26. The average molecular weight is 439 g/mol. The minimum absolute atomic E-state index is 0.0429. The molecule has 7 heteroatoms. The van der Waals surface area contributed by atoms with Crippen molar-refractivity contribution in [2.24, 2.45) is 0 Å². The summed E-state index contributed by atoms with van der Waals surface area (Å²) < 4.78 is 5.24. The fraction of sp³-hybridized carbons (Fsp3) is 0.360. The van der Waals surface area contributed by atoms with Crippen molar-refractivity contribution in [1.29, 1.82) is 0 Å². The first-order valence-electron chi connectivity index (χ1n) is 10.5. The summed E-state index contributed by atoms with van der Waals surface area (Å²) in [4.78, 5) is 29.6. The number of ketones is 1. The van der Waals surface area contributed by atoms with Gasteiger partial charge in [-0.2, -0.15) is 0 Å². The van der Waals surface area contributed by atoms with Crippen molar-refractivity contribution in [2.75, 3.05) is 34.3 Å². The smallest absolute Gasteiger partial charge is 0.295 e. The molecule has 0 saturated carbocycles. The number of hydrogen-bond acceptors (Lipinski definition) is 6. The van der Waals surface area contributed by atoms with Crippen LogP contribution in [0.1, 0.15) is 34.7 Å². The molecule has 1 aliphatic rings. The third-order valence-electron chi connectivity index (χ3n) is 5.71. The fourth-order valence-corrected chi connectivity index (χ4v) is 4.01. The molecule has 1 atom stereocenters. The van der Waals surface area contributed by atoms with Crippen LogP contribution in [0.2, 0.25) is 0 Å². The van der Waals surface area contributed by atoms with Gasteiger partial charge in [0.2, 0.25) is 0 Å². The minimum Gasteiger partial charge on any atom is -0.507 e. The Morgan fingerprint density at radius 1 is 1.12 bits per heavy atom. The van der Waals surface area contributed by atoms with Crippen molar-refractivity contribution < 1.29 is 24.5 Å². The zero-order valence-corrected chi connectivity index (χ0v) is 19.2. The Balaban J connectivity index is 2.18. The zero-order chi connectivity index (χ0) is 23.6. The second-order valence-electron chi connectivity index (χ2n) is 8.40. The number of likely N-dealkylation sites (tertiary alicyclic amines) is 1. The highest BCUT2D eigenvalue weighted by Crippen LogP contribution is 2.42. The van der Waals surface area contributed by atoms with E-state index in [-0.39, 0.29) is 22.8 Å². The lowest BCUT2D eigenvalue weighted by atomic mass is 9.93. The molecule has 1 amide bonds. The molecule has 0 aromatic heterocycles. The second-order valence-corrected chi connectivity index (χ2v) is 8.40. The third kappa shape index (κ3) is 4.48. The highest BCUT2D eigenvalue weighted by molar-refractivity contribution is 6.46. The lowest BCUT2D eigenvalue weighted by molar-refractivity contribution is -0.139. The Morgan fingerprint density at radius 2 is 1.84 bits per heavy atom. The summed E-state index contributed by atoms with van der Waals surface area (Å²) in [5.41, 5.74) is 2.87. The monoisotopic (exact) mass is 438 g/mol. The van der Waals surface area contributed by atoms with E-state index in [4.69, 9.17) is 4.74 Å². The maximum absolute atomic E-state index is 13.1. The first-order valence-corrected chi connectivity index (χ1v) is 10.5. The lowest BCUT2D eigenvalue weighted by Crippen LogP contribution is -2.32. The average Bonchev–Trinajstić information content (AvgIpc) is 3.00. The molecule has 0 radical (unpaired) electrons. The van der Waals surface area contributed by atoms with E-state index >= 15 is 0 Å². The van der Waals surface area contributed by atoms with Gasteiger partial charge in [0.1, 0.15) is 5.76 Å². The van der Waals surface area contributed by atoms with E-state index in [9.17, 15) is 19.8 Å². The number of methoxy groups -OCH3 is 1. The van der Waals surface area contributed by atoms with Crippen LogP contribution in [0.5, 0.6) is 11.5 Å². The second kappa shape index (κ2) is 9.44. The number of nitrogens with zero attached hydrogens (tertiary/aromatic N) is 2. The van der Waals surface area contributed by atoms with Gasteiger partial charge in [0.25, 0.3) is 11.7 Å². The van der Waals surface area contributed by atoms with Crippen molar-refractivity contribution in [3.8, 4) is 11.5 Å². The highest BCUT2D eigenvalue weighted by Gasteiger charge is 2.46. The first kappa shape index (κ1) is 23.3. The van der Waals surface area contributed by atoms with Gasteiger partial charge in [-0.15, -0.1) is 0 Å². The van der Waals surface area contributed by atoms with Crippen LogP contribution < -0.4 is 4.74 Å². The minimum atomic E-state index is -0.786. The Hall–Kier alpha value is -3.32. The Labute approximate surface area is 188 Å². The number of carbonyl (C=O) groups excluding carboxylic acids is 2. The van der Waals surface area contributed by atoms with Crippen LogP contribution >= 0.6 is 0 Å². The molecule has 0 unspecified atom stereocenters. The standard InChI is InChI=1S/C25H30N2O5/c1-15-7-8-16(2)18(13-15)23(29)21-22(17-9-10-19(28)20(14-17)32-5)27(25(31)24(21)30)12-6-11-26(3)4/h7-10,13-14,22,28-29H,6,11-12H2,1-5H3/t22-/m0/s1. The highest BCUT2D eigenvalue weighted by atomic mass is 16.5. The number of Topliss-reactive ketones (excluding diaryl/α,β-unsaturated/α-hetero) is 1. The van der Waals surface area contributed by atoms with Crippen molar-refractivity contribution in [1.82, 2.24) is 9.80 Å². The van der Waals surface area contributed by atoms with Gasteiger partial charge < -0.3 is 24.7 Å². The number of aliphatic hydroxyl groups is 1. The van der Waals surface area contributed by atoms with Crippen LogP contribution in [0.25, 0.3) is 5.76 Å². The van der Waals surface area contributed by atoms with Gasteiger partial charge in [0.05, 0.1) is 18.7 Å². The van der Waals surface area contributed by atoms with Gasteiger partial charge in [-0.05, 0) is 70.2 Å². The number of ether oxygens (including phenoxy) is 1. The normalized spacial score (nSPS) is 17.9. The molecule has 7 nitrogen and oxygen atoms in total. The summed E-state index contributed by atoms with van der Waals surface area (Å²) >= 11 is 0. The number of aromatic hydroxyl groups is 1. The van der Waals surface area contributed by atoms with Crippen LogP contribution in [0.4, 0.5) is 0 Å². The molecule has 2 N–H and O–H groups in total. The molecule has 1 heterocycles. The van der Waals surface area contributed by atoms with Crippen molar-refractivity contribution in [2.45, 2.75) is 26.3 Å². The predicted octanol–water partition coefficient (Wildman–Crippen LogP) is 3.39. The maximum Gasteiger partial charge on any atom is 0.295 e. The van der Waals surface area contributed by atoms with E-state index < -0.39 is 17.7 Å². The van der Waals surface area contributed by atoms with E-state index in [0.717, 1.165) is 17.7 Å². The summed E-state index contributed by atoms with van der Waals surface area (Å²) in [5.74, 6) is -1.38. The molecule has 32 heavy (non-hydrogen) atoms. The van der Waals surface area contributed by atoms with E-state index in [1.165, 1.54) is 18.1 Å². The largest absolute Gasteiger partial charge is 0.507 e. The van der Waals surface area contributed by atoms with Gasteiger partial charge >= 0.3 is 0 Å². The quantitative estimate of drug-likeness (QED) is 0.391. The van der Waals surface area contributed by atoms with Gasteiger partial charge in [0.15, 0.2) is 11.5 Å². The van der Waals surface area contributed by atoms with Crippen LogP contribution in [-0.4, -0.2) is 66.0 Å². The number of phenols is 1. The summed E-state index contributed by atoms with van der Waals surface area (Å²) in [7, 11) is 5.32. The summed E-state index contributed by atoms with van der Waals surface area (Å²) in [6.45, 7) is 4.84. The molecular weight excluding hydrogens is 408 g/mol. The van der Waals surface area contributed by atoms with E-state index in [2.05, 4.69) is 0 Å². The number of aryl methyl sites for hydroxylation is 2. The number of amides is 1. The summed E-state index contributed by atoms with van der Waals surface area (Å²) in [6.07, 6.45) is 0.662. The maximum atomic E-state index is 13.1.